The molecule has 0 amide bonds. The molecular formula is C25H37Al. The first-order chi connectivity index (χ1) is 12.6. The molecule has 0 saturated heterocycles. The van der Waals surface area contributed by atoms with Crippen LogP contribution < -0.4 is 0 Å². The van der Waals surface area contributed by atoms with Crippen molar-refractivity contribution in [3.63, 3.8) is 0 Å². The van der Waals surface area contributed by atoms with Gasteiger partial charge in [0.25, 0.3) is 14.1 Å². The van der Waals surface area contributed by atoms with Crippen LogP contribution in [0.5, 0.6) is 0 Å². The minimum absolute atomic E-state index is 0.692. The van der Waals surface area contributed by atoms with E-state index in [0.717, 1.165) is 4.78 Å². The van der Waals surface area contributed by atoms with Crippen LogP contribution in [-0.2, 0) is 5.28 Å². The molecule has 0 heterocycles. The third-order valence-electron chi connectivity index (χ3n) is 5.78. The van der Waals surface area contributed by atoms with Gasteiger partial charge in [0.15, 0.2) is 0 Å². The summed E-state index contributed by atoms with van der Waals surface area (Å²) in [5.74, 6) is 0. The van der Waals surface area contributed by atoms with E-state index < -0.39 is 14.1 Å². The average molecular weight is 365 g/mol. The Morgan fingerprint density at radius 1 is 0.808 bits per heavy atom. The maximum atomic E-state index is 2.45. The topological polar surface area (TPSA) is 0 Å². The Labute approximate surface area is 166 Å². The molecule has 0 radical (unpaired) electrons. The number of unbranched alkanes of at least 4 members (excludes halogenated alkanes) is 5. The SMILES string of the molecule is CCCCCCC[CH2][Al]([CH2]c1ccc(-c2ccccc2C)cc1)[CH](C)C. The van der Waals surface area contributed by atoms with E-state index in [0.29, 0.717) is 0 Å². The van der Waals surface area contributed by atoms with Gasteiger partial charge >= 0.3 is 0 Å². The van der Waals surface area contributed by atoms with Crippen molar-refractivity contribution in [3.05, 3.63) is 59.7 Å². The van der Waals surface area contributed by atoms with Crippen LogP contribution in [0.4, 0.5) is 0 Å². The van der Waals surface area contributed by atoms with Crippen LogP contribution >= 0.6 is 0 Å². The second kappa shape index (κ2) is 11.6. The molecule has 2 aromatic carbocycles. The average Bonchev–Trinajstić information content (AvgIpc) is 2.64. The lowest BCUT2D eigenvalue weighted by Gasteiger charge is -2.16. The molecule has 2 aromatic rings. The summed E-state index contributed by atoms with van der Waals surface area (Å²) >= 11 is -0.692. The van der Waals surface area contributed by atoms with Crippen LogP contribution in [0.25, 0.3) is 11.1 Å². The summed E-state index contributed by atoms with van der Waals surface area (Å²) in [5.41, 5.74) is 5.63. The molecule has 0 nitrogen and oxygen atoms in total. The molecule has 0 fully saturated rings. The Balaban J connectivity index is 1.89. The number of hydrogen-bond acceptors (Lipinski definition) is 0. The number of rotatable bonds is 11. The molecule has 0 aliphatic carbocycles. The standard InChI is InChI=1S/C14H13.C8H17.C3H7.Al/c1-11-7-9-13(10-8-11)14-6-4-3-5-12(14)2;1-3-5-7-8-6-4-2;1-3-2;/h3-10H,1H2,2H3;1,3-8H2,2H3;3H,1-2H3;. The Kier molecular flexibility index (Phi) is 9.52. The fourth-order valence-corrected chi connectivity index (χ4v) is 6.91. The van der Waals surface area contributed by atoms with E-state index in [1.165, 1.54) is 65.8 Å². The quantitative estimate of drug-likeness (QED) is 0.280. The van der Waals surface area contributed by atoms with E-state index in [4.69, 9.17) is 0 Å². The molecule has 0 bridgehead atoms. The molecule has 0 unspecified atom stereocenters. The van der Waals surface area contributed by atoms with Crippen LogP contribution in [0.3, 0.4) is 0 Å². The Bertz CT molecular complexity index is 627. The molecule has 26 heavy (non-hydrogen) atoms. The van der Waals surface area contributed by atoms with Gasteiger partial charge in [-0.1, -0.05) is 129 Å². The molecule has 0 saturated carbocycles. The zero-order valence-corrected chi connectivity index (χ0v) is 18.6. The predicted octanol–water partition coefficient (Wildman–Crippen LogP) is 8.01. The van der Waals surface area contributed by atoms with E-state index in [1.54, 1.807) is 5.56 Å². The first-order valence-electron chi connectivity index (χ1n) is 10.8. The van der Waals surface area contributed by atoms with Crippen molar-refractivity contribution in [2.75, 3.05) is 0 Å². The monoisotopic (exact) mass is 364 g/mol. The smallest absolute Gasteiger partial charge is 0.0935 e. The lowest BCUT2D eigenvalue weighted by atomic mass is 10.00. The zero-order valence-electron chi connectivity index (χ0n) is 17.4. The second-order valence-electron chi connectivity index (χ2n) is 8.28. The third-order valence-corrected chi connectivity index (χ3v) is 9.81. The highest BCUT2D eigenvalue weighted by atomic mass is 27.2. The van der Waals surface area contributed by atoms with E-state index in [-0.39, 0.29) is 0 Å². The van der Waals surface area contributed by atoms with Crippen LogP contribution in [0.2, 0.25) is 10.1 Å². The maximum Gasteiger partial charge on any atom is 0.270 e. The van der Waals surface area contributed by atoms with Gasteiger partial charge < -0.3 is 0 Å². The van der Waals surface area contributed by atoms with E-state index in [9.17, 15) is 0 Å². The predicted molar refractivity (Wildman–Crippen MR) is 119 cm³/mol. The summed E-state index contributed by atoms with van der Waals surface area (Å²) in [6, 6.07) is 18.1. The van der Waals surface area contributed by atoms with Crippen molar-refractivity contribution in [2.45, 2.75) is 81.6 Å². The lowest BCUT2D eigenvalue weighted by molar-refractivity contribution is 0.622. The normalized spacial score (nSPS) is 11.1. The van der Waals surface area contributed by atoms with Gasteiger partial charge in [0.05, 0.1) is 0 Å². The van der Waals surface area contributed by atoms with Gasteiger partial charge in [0, 0.05) is 0 Å². The lowest BCUT2D eigenvalue weighted by Crippen LogP contribution is -2.20. The maximum absolute atomic E-state index is 2.45. The van der Waals surface area contributed by atoms with E-state index in [1.807, 2.05) is 0 Å². The summed E-state index contributed by atoms with van der Waals surface area (Å²) in [6.07, 6.45) is 8.55. The number of aryl methyl sites for hydroxylation is 1. The van der Waals surface area contributed by atoms with Crippen LogP contribution in [0, 0.1) is 6.92 Å². The third kappa shape index (κ3) is 6.94. The molecule has 0 aliphatic heterocycles. The fraction of sp³-hybridized carbons (Fsp3) is 0.520. The van der Waals surface area contributed by atoms with Gasteiger partial charge in [-0.05, 0) is 23.6 Å². The van der Waals surface area contributed by atoms with E-state index in [2.05, 4.69) is 76.2 Å². The summed E-state index contributed by atoms with van der Waals surface area (Å²) in [7, 11) is 0. The Morgan fingerprint density at radius 2 is 1.46 bits per heavy atom. The molecule has 0 aromatic heterocycles. The molecule has 140 valence electrons. The first-order valence-corrected chi connectivity index (χ1v) is 13.1. The molecule has 0 aliphatic rings. The van der Waals surface area contributed by atoms with Gasteiger partial charge in [-0.3, -0.25) is 0 Å². The first kappa shape index (κ1) is 21.3. The number of hydrogen-bond donors (Lipinski definition) is 0. The van der Waals surface area contributed by atoms with Crippen LogP contribution in [0.1, 0.15) is 70.4 Å². The largest absolute Gasteiger partial charge is 0.270 e. The molecule has 0 N–H and O–H groups in total. The van der Waals surface area contributed by atoms with E-state index >= 15 is 0 Å². The second-order valence-corrected chi connectivity index (χ2v) is 12.1. The summed E-state index contributed by atoms with van der Waals surface area (Å²) in [5, 5.41) is 2.88. The van der Waals surface area contributed by atoms with Crippen molar-refractivity contribution in [2.24, 2.45) is 0 Å². The van der Waals surface area contributed by atoms with Gasteiger partial charge in [0.1, 0.15) is 0 Å². The van der Waals surface area contributed by atoms with Gasteiger partial charge in [-0.2, -0.15) is 0 Å². The minimum Gasteiger partial charge on any atom is -0.0935 e. The van der Waals surface area contributed by atoms with Gasteiger partial charge in [-0.25, -0.2) is 0 Å². The molecule has 0 spiro atoms. The Hall–Kier alpha value is -1.03. The molecular weight excluding hydrogens is 327 g/mol. The minimum atomic E-state index is -0.692. The van der Waals surface area contributed by atoms with Crippen molar-refractivity contribution in [1.29, 1.82) is 0 Å². The highest BCUT2D eigenvalue weighted by Crippen LogP contribution is 2.25. The summed E-state index contributed by atoms with van der Waals surface area (Å²) in [6.45, 7) is 9.41. The van der Waals surface area contributed by atoms with Crippen molar-refractivity contribution < 1.29 is 0 Å². The van der Waals surface area contributed by atoms with Crippen molar-refractivity contribution in [1.82, 2.24) is 0 Å². The van der Waals surface area contributed by atoms with Crippen molar-refractivity contribution >= 4 is 14.1 Å². The van der Waals surface area contributed by atoms with Crippen molar-refractivity contribution in [3.8, 4) is 11.1 Å². The highest BCUT2D eigenvalue weighted by Gasteiger charge is 2.21. The summed E-state index contributed by atoms with van der Waals surface area (Å²) in [4.78, 5) is 0. The van der Waals surface area contributed by atoms with Crippen LogP contribution in [0.15, 0.2) is 48.5 Å². The summed E-state index contributed by atoms with van der Waals surface area (Å²) < 4.78 is 0.904. The molecule has 1 heteroatoms. The molecule has 0 atom stereocenters. The zero-order chi connectivity index (χ0) is 18.8. The fourth-order valence-electron chi connectivity index (χ4n) is 3.88. The van der Waals surface area contributed by atoms with Crippen LogP contribution in [-0.4, -0.2) is 14.1 Å². The van der Waals surface area contributed by atoms with Gasteiger partial charge in [-0.15, -0.1) is 0 Å². The van der Waals surface area contributed by atoms with Gasteiger partial charge in [0.2, 0.25) is 0 Å². The Morgan fingerprint density at radius 3 is 2.12 bits per heavy atom. The molecule has 2 rings (SSSR count). The highest BCUT2D eigenvalue weighted by molar-refractivity contribution is 6.59. The number of benzene rings is 2.